The van der Waals surface area contributed by atoms with Crippen LogP contribution in [0.1, 0.15) is 40.4 Å². The number of esters is 1. The minimum Gasteiger partial charge on any atom is -0.421 e. The van der Waals surface area contributed by atoms with Crippen molar-refractivity contribution in [2.45, 2.75) is 25.7 Å². The molecular formula is C14H11Cl2NO3. The highest BCUT2D eigenvalue weighted by molar-refractivity contribution is 6.36. The Kier molecular flexibility index (Phi) is 3.44. The predicted octanol–water partition coefficient (Wildman–Crippen LogP) is 4.39. The van der Waals surface area contributed by atoms with Crippen LogP contribution < -0.4 is 4.74 Å². The molecule has 1 aromatic heterocycles. The standard InChI is InChI=1S/C14H11Cl2NO3/c1-7-10(6-19-17-7)14(18)20-13-4-9(8-2-3-8)11(15)5-12(13)16/h4-6,8H,2-3H2,1H3. The molecule has 4 nitrogen and oxygen atoms in total. The SMILES string of the molecule is Cc1nocc1C(=O)Oc1cc(C2CC2)c(Cl)cc1Cl. The number of aromatic nitrogens is 1. The molecule has 1 aliphatic rings. The molecule has 0 aliphatic heterocycles. The monoisotopic (exact) mass is 311 g/mol. The minimum absolute atomic E-state index is 0.281. The molecule has 0 N–H and O–H groups in total. The van der Waals surface area contributed by atoms with Crippen molar-refractivity contribution in [3.8, 4) is 5.75 Å². The van der Waals surface area contributed by atoms with Gasteiger partial charge in [0, 0.05) is 5.02 Å². The first-order valence-corrected chi connectivity index (χ1v) is 6.94. The quantitative estimate of drug-likeness (QED) is 0.623. The molecule has 0 atom stereocenters. The molecular weight excluding hydrogens is 301 g/mol. The summed E-state index contributed by atoms with van der Waals surface area (Å²) in [5.41, 5.74) is 1.73. The number of benzene rings is 1. The van der Waals surface area contributed by atoms with Crippen molar-refractivity contribution >= 4 is 29.2 Å². The van der Waals surface area contributed by atoms with Crippen molar-refractivity contribution in [2.24, 2.45) is 0 Å². The van der Waals surface area contributed by atoms with Crippen molar-refractivity contribution in [3.63, 3.8) is 0 Å². The van der Waals surface area contributed by atoms with Gasteiger partial charge in [0.05, 0.1) is 10.7 Å². The number of nitrogens with zero attached hydrogens (tertiary/aromatic N) is 1. The van der Waals surface area contributed by atoms with Crippen molar-refractivity contribution < 1.29 is 14.1 Å². The third-order valence-corrected chi connectivity index (χ3v) is 3.86. The van der Waals surface area contributed by atoms with Crippen LogP contribution in [0.2, 0.25) is 10.0 Å². The van der Waals surface area contributed by atoms with Crippen LogP contribution in [0.15, 0.2) is 22.9 Å². The topological polar surface area (TPSA) is 52.3 Å². The van der Waals surface area contributed by atoms with Gasteiger partial charge >= 0.3 is 5.97 Å². The van der Waals surface area contributed by atoms with Gasteiger partial charge < -0.3 is 9.26 Å². The molecule has 1 heterocycles. The van der Waals surface area contributed by atoms with E-state index in [9.17, 15) is 4.79 Å². The molecule has 0 bridgehead atoms. The Hall–Kier alpha value is -1.52. The highest BCUT2D eigenvalue weighted by Gasteiger charge is 2.27. The first kappa shape index (κ1) is 13.5. The molecule has 0 amide bonds. The van der Waals surface area contributed by atoms with E-state index in [0.29, 0.717) is 27.4 Å². The largest absolute Gasteiger partial charge is 0.421 e. The Morgan fingerprint density at radius 3 is 2.70 bits per heavy atom. The lowest BCUT2D eigenvalue weighted by molar-refractivity contribution is 0.0733. The summed E-state index contributed by atoms with van der Waals surface area (Å²) in [6, 6.07) is 3.35. The summed E-state index contributed by atoms with van der Waals surface area (Å²) in [4.78, 5) is 12.0. The fourth-order valence-corrected chi connectivity index (χ4v) is 2.55. The average molecular weight is 312 g/mol. The molecule has 6 heteroatoms. The van der Waals surface area contributed by atoms with Crippen molar-refractivity contribution in [1.29, 1.82) is 0 Å². The van der Waals surface area contributed by atoms with Gasteiger partial charge in [-0.25, -0.2) is 4.79 Å². The lowest BCUT2D eigenvalue weighted by Crippen LogP contribution is -2.09. The minimum atomic E-state index is -0.547. The zero-order valence-electron chi connectivity index (χ0n) is 10.7. The van der Waals surface area contributed by atoms with Gasteiger partial charge in [-0.2, -0.15) is 0 Å². The van der Waals surface area contributed by atoms with Crippen LogP contribution in [0.5, 0.6) is 5.75 Å². The molecule has 1 aliphatic carbocycles. The number of ether oxygens (including phenoxy) is 1. The molecule has 1 fully saturated rings. The van der Waals surface area contributed by atoms with E-state index >= 15 is 0 Å². The lowest BCUT2D eigenvalue weighted by atomic mass is 10.1. The zero-order valence-corrected chi connectivity index (χ0v) is 12.2. The van der Waals surface area contributed by atoms with E-state index < -0.39 is 5.97 Å². The van der Waals surface area contributed by atoms with E-state index in [1.165, 1.54) is 6.26 Å². The Morgan fingerprint density at radius 2 is 2.10 bits per heavy atom. The summed E-state index contributed by atoms with van der Waals surface area (Å²) in [5, 5.41) is 4.56. The van der Waals surface area contributed by atoms with E-state index in [1.807, 2.05) is 0 Å². The summed E-state index contributed by atoms with van der Waals surface area (Å²) in [6.07, 6.45) is 3.45. The number of aryl methyl sites for hydroxylation is 1. The summed E-state index contributed by atoms with van der Waals surface area (Å²) >= 11 is 12.2. The van der Waals surface area contributed by atoms with Gasteiger partial charge in [-0.3, -0.25) is 0 Å². The second-order valence-electron chi connectivity index (χ2n) is 4.78. The summed E-state index contributed by atoms with van der Waals surface area (Å²) in [7, 11) is 0. The number of hydrogen-bond acceptors (Lipinski definition) is 4. The molecule has 0 radical (unpaired) electrons. The number of carbonyl (C=O) groups excluding carboxylic acids is 1. The molecule has 0 spiro atoms. The maximum absolute atomic E-state index is 12.0. The van der Waals surface area contributed by atoms with Crippen LogP contribution in [0.4, 0.5) is 0 Å². The Morgan fingerprint density at radius 1 is 1.35 bits per heavy atom. The third kappa shape index (κ3) is 2.53. The zero-order chi connectivity index (χ0) is 14.3. The number of carbonyl (C=O) groups is 1. The van der Waals surface area contributed by atoms with Gasteiger partial charge in [0.1, 0.15) is 17.6 Å². The third-order valence-electron chi connectivity index (χ3n) is 3.24. The van der Waals surface area contributed by atoms with Gasteiger partial charge in [0.2, 0.25) is 0 Å². The van der Waals surface area contributed by atoms with Crippen LogP contribution in [0, 0.1) is 6.92 Å². The first-order chi connectivity index (χ1) is 9.56. The van der Waals surface area contributed by atoms with Crippen LogP contribution in [-0.4, -0.2) is 11.1 Å². The second-order valence-corrected chi connectivity index (χ2v) is 5.60. The maximum atomic E-state index is 12.0. The van der Waals surface area contributed by atoms with Crippen molar-refractivity contribution in [1.82, 2.24) is 5.16 Å². The fraction of sp³-hybridized carbons (Fsp3) is 0.286. The van der Waals surface area contributed by atoms with Crippen molar-refractivity contribution in [3.05, 3.63) is 45.3 Å². The van der Waals surface area contributed by atoms with E-state index in [0.717, 1.165) is 18.4 Å². The number of rotatable bonds is 3. The summed E-state index contributed by atoms with van der Waals surface area (Å²) in [6.45, 7) is 1.67. The smallest absolute Gasteiger partial charge is 0.348 e. The highest BCUT2D eigenvalue weighted by atomic mass is 35.5. The highest BCUT2D eigenvalue weighted by Crippen LogP contribution is 2.46. The molecule has 104 valence electrons. The molecule has 20 heavy (non-hydrogen) atoms. The lowest BCUT2D eigenvalue weighted by Gasteiger charge is -2.09. The normalized spacial score (nSPS) is 14.3. The van der Waals surface area contributed by atoms with Gasteiger partial charge in [-0.15, -0.1) is 0 Å². The van der Waals surface area contributed by atoms with Crippen LogP contribution in [0.3, 0.4) is 0 Å². The number of hydrogen-bond donors (Lipinski definition) is 0. The maximum Gasteiger partial charge on any atom is 0.348 e. The predicted molar refractivity (Wildman–Crippen MR) is 74.6 cm³/mol. The van der Waals surface area contributed by atoms with E-state index in [4.69, 9.17) is 32.5 Å². The summed E-state index contributed by atoms with van der Waals surface area (Å²) in [5.74, 6) is 0.202. The molecule has 1 saturated carbocycles. The van der Waals surface area contributed by atoms with Gasteiger partial charge in [0.25, 0.3) is 0 Å². The summed E-state index contributed by atoms with van der Waals surface area (Å²) < 4.78 is 10.0. The molecule has 2 aromatic rings. The number of halogens is 2. The first-order valence-electron chi connectivity index (χ1n) is 6.18. The Bertz CT molecular complexity index is 677. The van der Waals surface area contributed by atoms with Gasteiger partial charge in [-0.05, 0) is 43.4 Å². The molecule has 0 saturated heterocycles. The van der Waals surface area contributed by atoms with E-state index in [-0.39, 0.29) is 5.56 Å². The second kappa shape index (κ2) is 5.11. The van der Waals surface area contributed by atoms with Gasteiger partial charge in [0.15, 0.2) is 0 Å². The Balaban J connectivity index is 1.89. The van der Waals surface area contributed by atoms with Crippen molar-refractivity contribution in [2.75, 3.05) is 0 Å². The molecule has 1 aromatic carbocycles. The molecule has 0 unspecified atom stereocenters. The van der Waals surface area contributed by atoms with Gasteiger partial charge in [-0.1, -0.05) is 28.4 Å². The van der Waals surface area contributed by atoms with E-state index in [1.54, 1.807) is 19.1 Å². The van der Waals surface area contributed by atoms with E-state index in [2.05, 4.69) is 5.16 Å². The fourth-order valence-electron chi connectivity index (χ4n) is 1.97. The van der Waals surface area contributed by atoms with Crippen LogP contribution in [0.25, 0.3) is 0 Å². The Labute approximate surface area is 125 Å². The average Bonchev–Trinajstić information content (AvgIpc) is 3.14. The van der Waals surface area contributed by atoms with Crippen LogP contribution in [-0.2, 0) is 0 Å². The molecule has 3 rings (SSSR count). The van der Waals surface area contributed by atoms with Crippen LogP contribution >= 0.6 is 23.2 Å².